The minimum atomic E-state index is -0.853. The highest BCUT2D eigenvalue weighted by Gasteiger charge is 2.47. The van der Waals surface area contributed by atoms with Gasteiger partial charge >= 0.3 is 0 Å². The van der Waals surface area contributed by atoms with Crippen LogP contribution < -0.4 is 9.64 Å². The van der Waals surface area contributed by atoms with Crippen molar-refractivity contribution in [3.63, 3.8) is 0 Å². The molecule has 2 heterocycles. The Kier molecular flexibility index (Phi) is 5.44. The molecule has 0 saturated carbocycles. The number of nitriles is 1. The Balaban J connectivity index is 1.91. The number of aliphatic hydroxyl groups excluding tert-OH is 1. The summed E-state index contributed by atoms with van der Waals surface area (Å²) in [5.41, 5.74) is 2.65. The van der Waals surface area contributed by atoms with E-state index in [2.05, 4.69) is 4.98 Å². The highest BCUT2D eigenvalue weighted by atomic mass is 16.5. The maximum absolute atomic E-state index is 13.1. The minimum absolute atomic E-state index is 0.0184. The van der Waals surface area contributed by atoms with Gasteiger partial charge in [-0.3, -0.25) is 19.5 Å². The second-order valence-corrected chi connectivity index (χ2v) is 7.29. The molecule has 1 fully saturated rings. The molecule has 1 unspecified atom stereocenters. The third-order valence-electron chi connectivity index (χ3n) is 5.41. The summed E-state index contributed by atoms with van der Waals surface area (Å²) in [6.07, 6.45) is 3.12. The fourth-order valence-corrected chi connectivity index (χ4v) is 3.84. The van der Waals surface area contributed by atoms with Crippen LogP contribution in [0.3, 0.4) is 0 Å². The molecule has 1 N–H and O–H groups in total. The highest BCUT2D eigenvalue weighted by Crippen LogP contribution is 2.42. The zero-order valence-electron chi connectivity index (χ0n) is 17.4. The first-order valence-electron chi connectivity index (χ1n) is 9.82. The van der Waals surface area contributed by atoms with Crippen LogP contribution in [0.2, 0.25) is 0 Å². The Morgan fingerprint density at radius 2 is 1.78 bits per heavy atom. The normalized spacial score (nSPS) is 17.3. The number of Topliss-reactive ketones (excluding diaryl/α,β-unsaturated/α-hetero) is 1. The van der Waals surface area contributed by atoms with E-state index in [1.54, 1.807) is 74.1 Å². The van der Waals surface area contributed by atoms with Crippen LogP contribution in [0.1, 0.15) is 28.3 Å². The van der Waals surface area contributed by atoms with Gasteiger partial charge in [0.2, 0.25) is 0 Å². The third kappa shape index (κ3) is 3.48. The molecule has 1 saturated heterocycles. The molecule has 7 heteroatoms. The molecule has 4 rings (SSSR count). The summed E-state index contributed by atoms with van der Waals surface area (Å²) in [5, 5.41) is 20.2. The Labute approximate surface area is 184 Å². The average Bonchev–Trinajstić information content (AvgIpc) is 3.09. The van der Waals surface area contributed by atoms with Gasteiger partial charge in [0.05, 0.1) is 30.4 Å². The molecule has 3 aromatic rings. The number of methoxy groups -OCH3 is 1. The number of aryl methyl sites for hydroxylation is 1. The number of hydrogen-bond acceptors (Lipinski definition) is 6. The molecule has 7 nitrogen and oxygen atoms in total. The fourth-order valence-electron chi connectivity index (χ4n) is 3.84. The molecule has 32 heavy (non-hydrogen) atoms. The molecule has 158 valence electrons. The number of ether oxygens (including phenoxy) is 1. The number of amides is 1. The van der Waals surface area contributed by atoms with Gasteiger partial charge in [0.15, 0.2) is 0 Å². The van der Waals surface area contributed by atoms with Crippen LogP contribution in [0.4, 0.5) is 5.69 Å². The summed E-state index contributed by atoms with van der Waals surface area (Å²) < 4.78 is 5.27. The number of ketones is 1. The number of benzene rings is 2. The van der Waals surface area contributed by atoms with Crippen molar-refractivity contribution in [3.8, 4) is 11.8 Å². The van der Waals surface area contributed by atoms with Gasteiger partial charge in [0, 0.05) is 23.6 Å². The Morgan fingerprint density at radius 1 is 1.09 bits per heavy atom. The quantitative estimate of drug-likeness (QED) is 0.386. The SMILES string of the molecule is COc1ccc(/C(O)=C2/C(=O)C(=O)N(c3ccc(C#N)cc3)C2c2ccncc2)cc1C. The lowest BCUT2D eigenvalue weighted by Crippen LogP contribution is -2.29. The Morgan fingerprint density at radius 3 is 2.38 bits per heavy atom. The van der Waals surface area contributed by atoms with Gasteiger partial charge in [-0.1, -0.05) is 0 Å². The van der Waals surface area contributed by atoms with E-state index in [-0.39, 0.29) is 11.3 Å². The van der Waals surface area contributed by atoms with Gasteiger partial charge in [-0.25, -0.2) is 0 Å². The molecule has 1 aliphatic heterocycles. The van der Waals surface area contributed by atoms with Gasteiger partial charge in [-0.05, 0) is 72.6 Å². The van der Waals surface area contributed by atoms with Gasteiger partial charge in [0.1, 0.15) is 11.5 Å². The average molecular weight is 425 g/mol. The number of anilines is 1. The number of carbonyl (C=O) groups excluding carboxylic acids is 2. The predicted molar refractivity (Wildman–Crippen MR) is 118 cm³/mol. The van der Waals surface area contributed by atoms with Crippen LogP contribution in [0.25, 0.3) is 5.76 Å². The molecule has 0 radical (unpaired) electrons. The predicted octanol–water partition coefficient (Wildman–Crippen LogP) is 3.90. The second-order valence-electron chi connectivity index (χ2n) is 7.29. The van der Waals surface area contributed by atoms with Crippen LogP contribution >= 0.6 is 0 Å². The summed E-state index contributed by atoms with van der Waals surface area (Å²) in [7, 11) is 1.55. The number of pyridine rings is 1. The first kappa shape index (κ1) is 20.8. The number of carbonyl (C=O) groups is 2. The van der Waals surface area contributed by atoms with E-state index in [1.165, 1.54) is 4.90 Å². The van der Waals surface area contributed by atoms with Crippen LogP contribution in [0.5, 0.6) is 5.75 Å². The number of aliphatic hydroxyl groups is 1. The van der Waals surface area contributed by atoms with E-state index in [1.807, 2.05) is 13.0 Å². The number of aromatic nitrogens is 1. The van der Waals surface area contributed by atoms with E-state index in [4.69, 9.17) is 10.00 Å². The molecule has 0 spiro atoms. The van der Waals surface area contributed by atoms with Crippen LogP contribution in [-0.2, 0) is 9.59 Å². The van der Waals surface area contributed by atoms with Crippen molar-refractivity contribution in [3.05, 3.63) is 94.8 Å². The van der Waals surface area contributed by atoms with E-state index in [0.29, 0.717) is 28.1 Å². The summed E-state index contributed by atoms with van der Waals surface area (Å²) >= 11 is 0. The van der Waals surface area contributed by atoms with Gasteiger partial charge in [-0.2, -0.15) is 5.26 Å². The summed E-state index contributed by atoms with van der Waals surface area (Å²) in [6.45, 7) is 1.82. The lowest BCUT2D eigenvalue weighted by molar-refractivity contribution is -0.132. The lowest BCUT2D eigenvalue weighted by Gasteiger charge is -2.25. The minimum Gasteiger partial charge on any atom is -0.507 e. The summed E-state index contributed by atoms with van der Waals surface area (Å²) in [4.78, 5) is 31.6. The van der Waals surface area contributed by atoms with Gasteiger partial charge in [0.25, 0.3) is 11.7 Å². The maximum Gasteiger partial charge on any atom is 0.300 e. The van der Waals surface area contributed by atoms with Crippen molar-refractivity contribution in [2.45, 2.75) is 13.0 Å². The largest absolute Gasteiger partial charge is 0.507 e. The van der Waals surface area contributed by atoms with E-state index in [9.17, 15) is 14.7 Å². The molecular weight excluding hydrogens is 406 g/mol. The summed E-state index contributed by atoms with van der Waals surface area (Å²) in [5.74, 6) is -1.18. The molecule has 0 aliphatic carbocycles. The van der Waals surface area contributed by atoms with Crippen molar-refractivity contribution in [2.24, 2.45) is 0 Å². The number of hydrogen-bond donors (Lipinski definition) is 1. The Hall–Kier alpha value is -4.44. The highest BCUT2D eigenvalue weighted by molar-refractivity contribution is 6.51. The monoisotopic (exact) mass is 425 g/mol. The van der Waals surface area contributed by atoms with Crippen molar-refractivity contribution in [2.75, 3.05) is 12.0 Å². The standard InChI is InChI=1S/C25H19N3O4/c1-15-13-18(5-8-20(15)32-2)23(29)21-22(17-9-11-27-12-10-17)28(25(31)24(21)30)19-6-3-16(14-26)4-7-19/h3-13,22,29H,1-2H3/b23-21-. The summed E-state index contributed by atoms with van der Waals surface area (Å²) in [6, 6.07) is 16.0. The van der Waals surface area contributed by atoms with E-state index in [0.717, 1.165) is 5.56 Å². The maximum atomic E-state index is 13.1. The number of rotatable bonds is 4. The van der Waals surface area contributed by atoms with Crippen LogP contribution in [-0.4, -0.2) is 28.9 Å². The second kappa shape index (κ2) is 8.36. The van der Waals surface area contributed by atoms with Crippen LogP contribution in [0.15, 0.2) is 72.6 Å². The van der Waals surface area contributed by atoms with Gasteiger partial charge in [-0.15, -0.1) is 0 Å². The topological polar surface area (TPSA) is 104 Å². The zero-order chi connectivity index (χ0) is 22.8. The molecule has 1 atom stereocenters. The first-order valence-corrected chi connectivity index (χ1v) is 9.82. The van der Waals surface area contributed by atoms with Crippen molar-refractivity contribution >= 4 is 23.1 Å². The zero-order valence-corrected chi connectivity index (χ0v) is 17.4. The van der Waals surface area contributed by atoms with Crippen molar-refractivity contribution in [1.29, 1.82) is 5.26 Å². The third-order valence-corrected chi connectivity index (χ3v) is 5.41. The Bertz CT molecular complexity index is 1270. The smallest absolute Gasteiger partial charge is 0.300 e. The van der Waals surface area contributed by atoms with E-state index >= 15 is 0 Å². The van der Waals surface area contributed by atoms with Crippen molar-refractivity contribution < 1.29 is 19.4 Å². The molecular formula is C25H19N3O4. The molecule has 0 bridgehead atoms. The molecule has 2 aromatic carbocycles. The molecule has 1 aliphatic rings. The first-order chi connectivity index (χ1) is 15.5. The van der Waals surface area contributed by atoms with E-state index < -0.39 is 17.7 Å². The molecule has 1 amide bonds. The fraction of sp³-hybridized carbons (Fsp3) is 0.120. The lowest BCUT2D eigenvalue weighted by atomic mass is 9.95. The molecule has 1 aromatic heterocycles. The number of nitrogens with zero attached hydrogens (tertiary/aromatic N) is 3. The van der Waals surface area contributed by atoms with Crippen molar-refractivity contribution in [1.82, 2.24) is 4.98 Å². The van der Waals surface area contributed by atoms with Gasteiger partial charge < -0.3 is 9.84 Å². The van der Waals surface area contributed by atoms with Crippen LogP contribution in [0, 0.1) is 18.3 Å².